The lowest BCUT2D eigenvalue weighted by Gasteiger charge is -2.26. The number of fused-ring (bicyclic) bond motifs is 1. The van der Waals surface area contributed by atoms with Gasteiger partial charge in [0, 0.05) is 25.2 Å². The molecule has 0 saturated carbocycles. The van der Waals surface area contributed by atoms with Gasteiger partial charge in [-0.15, -0.1) is 0 Å². The van der Waals surface area contributed by atoms with Crippen molar-refractivity contribution in [1.29, 1.82) is 0 Å². The lowest BCUT2D eigenvalue weighted by atomic mass is 10.0. The van der Waals surface area contributed by atoms with E-state index in [0.29, 0.717) is 38.4 Å². The van der Waals surface area contributed by atoms with Crippen molar-refractivity contribution in [3.05, 3.63) is 83.4 Å². The van der Waals surface area contributed by atoms with Crippen LogP contribution in [0.2, 0.25) is 0 Å². The summed E-state index contributed by atoms with van der Waals surface area (Å²) in [6.07, 6.45) is 0.206. The number of morpholine rings is 1. The first-order valence-corrected chi connectivity index (χ1v) is 11.5. The molecule has 0 aliphatic carbocycles. The van der Waals surface area contributed by atoms with Gasteiger partial charge in [-0.1, -0.05) is 54.6 Å². The third-order valence-corrected chi connectivity index (χ3v) is 5.97. The van der Waals surface area contributed by atoms with E-state index in [4.69, 9.17) is 4.74 Å². The molecule has 34 heavy (non-hydrogen) atoms. The number of nitrogens with one attached hydrogen (secondary N) is 2. The molecule has 0 spiro atoms. The molecule has 3 aromatic rings. The molecule has 1 heterocycles. The molecule has 3 aromatic carbocycles. The van der Waals surface area contributed by atoms with Crippen LogP contribution in [-0.2, 0) is 27.3 Å². The minimum atomic E-state index is -0.662. The van der Waals surface area contributed by atoms with Gasteiger partial charge in [0.25, 0.3) is 5.91 Å². The Morgan fingerprint density at radius 1 is 0.941 bits per heavy atom. The van der Waals surface area contributed by atoms with Crippen LogP contribution < -0.4 is 10.6 Å². The van der Waals surface area contributed by atoms with Gasteiger partial charge < -0.3 is 20.3 Å². The fourth-order valence-corrected chi connectivity index (χ4v) is 4.03. The molecule has 1 atom stereocenters. The summed E-state index contributed by atoms with van der Waals surface area (Å²) in [5.74, 6) is -0.480. The number of ether oxygens (including phenoxy) is 1. The number of benzene rings is 3. The van der Waals surface area contributed by atoms with Crippen molar-refractivity contribution in [2.75, 3.05) is 26.3 Å². The summed E-state index contributed by atoms with van der Waals surface area (Å²) in [6.45, 7) is 4.30. The Bertz CT molecular complexity index is 1160. The van der Waals surface area contributed by atoms with E-state index in [-0.39, 0.29) is 24.1 Å². The molecule has 7 nitrogen and oxygen atoms in total. The second-order valence-electron chi connectivity index (χ2n) is 8.42. The number of carbonyl (C=O) groups is 3. The highest BCUT2D eigenvalue weighted by Gasteiger charge is 2.19. The van der Waals surface area contributed by atoms with Gasteiger partial charge in [-0.25, -0.2) is 0 Å². The zero-order valence-corrected chi connectivity index (χ0v) is 19.3. The van der Waals surface area contributed by atoms with Crippen molar-refractivity contribution in [2.24, 2.45) is 0 Å². The predicted molar refractivity (Wildman–Crippen MR) is 130 cm³/mol. The van der Waals surface area contributed by atoms with Crippen LogP contribution in [-0.4, -0.2) is 55.0 Å². The average Bonchev–Trinajstić information content (AvgIpc) is 2.88. The van der Waals surface area contributed by atoms with Crippen LogP contribution in [0.3, 0.4) is 0 Å². The Labute approximate surface area is 199 Å². The van der Waals surface area contributed by atoms with Crippen molar-refractivity contribution in [3.63, 3.8) is 0 Å². The molecule has 0 aromatic heterocycles. The normalized spacial score (nSPS) is 14.4. The molecule has 176 valence electrons. The Balaban J connectivity index is 1.26. The first-order valence-electron chi connectivity index (χ1n) is 11.5. The molecule has 7 heteroatoms. The maximum absolute atomic E-state index is 12.5. The van der Waals surface area contributed by atoms with E-state index in [1.54, 1.807) is 24.0 Å². The highest BCUT2D eigenvalue weighted by molar-refractivity contribution is 5.94. The minimum Gasteiger partial charge on any atom is -0.378 e. The van der Waals surface area contributed by atoms with E-state index in [0.717, 1.165) is 21.9 Å². The largest absolute Gasteiger partial charge is 0.378 e. The van der Waals surface area contributed by atoms with Crippen LogP contribution in [0.25, 0.3) is 10.8 Å². The van der Waals surface area contributed by atoms with Crippen molar-refractivity contribution < 1.29 is 19.1 Å². The highest BCUT2D eigenvalue weighted by atomic mass is 16.5. The molecule has 4 rings (SSSR count). The number of carbonyl (C=O) groups excluding carboxylic acids is 3. The first kappa shape index (κ1) is 23.4. The van der Waals surface area contributed by atoms with Crippen molar-refractivity contribution in [2.45, 2.75) is 25.9 Å². The lowest BCUT2D eigenvalue weighted by Crippen LogP contribution is -2.45. The molecule has 0 bridgehead atoms. The first-order chi connectivity index (χ1) is 16.5. The van der Waals surface area contributed by atoms with Crippen molar-refractivity contribution >= 4 is 28.5 Å². The molecule has 0 unspecified atom stereocenters. The standard InChI is InChI=1S/C27H29N3O4/c1-19(29-25(31)17-23-7-4-6-21-5-2-3-8-24(21)23)26(32)28-18-20-9-11-22(12-10-20)27(33)30-13-15-34-16-14-30/h2-12,19H,13-18H2,1H3,(H,28,32)(H,29,31)/t19-/m0/s1. The quantitative estimate of drug-likeness (QED) is 0.569. The zero-order chi connectivity index (χ0) is 23.9. The Morgan fingerprint density at radius 3 is 2.41 bits per heavy atom. The molecular formula is C27H29N3O4. The number of hydrogen-bond donors (Lipinski definition) is 2. The van der Waals surface area contributed by atoms with Gasteiger partial charge in [0.15, 0.2) is 0 Å². The monoisotopic (exact) mass is 459 g/mol. The maximum atomic E-state index is 12.5. The second kappa shape index (κ2) is 10.9. The van der Waals surface area contributed by atoms with E-state index < -0.39 is 6.04 Å². The van der Waals surface area contributed by atoms with Gasteiger partial charge in [-0.3, -0.25) is 14.4 Å². The summed E-state index contributed by atoms with van der Waals surface area (Å²) in [4.78, 5) is 39.4. The van der Waals surface area contributed by atoms with Gasteiger partial charge in [-0.2, -0.15) is 0 Å². The molecule has 2 N–H and O–H groups in total. The summed E-state index contributed by atoms with van der Waals surface area (Å²) in [5, 5.41) is 7.74. The SMILES string of the molecule is C[C@H](NC(=O)Cc1cccc2ccccc12)C(=O)NCc1ccc(C(=O)N2CCOCC2)cc1. The fourth-order valence-electron chi connectivity index (χ4n) is 4.03. The van der Waals surface area contributed by atoms with E-state index in [1.165, 1.54) is 0 Å². The van der Waals surface area contributed by atoms with Crippen LogP contribution in [0.15, 0.2) is 66.7 Å². The second-order valence-corrected chi connectivity index (χ2v) is 8.42. The number of hydrogen-bond acceptors (Lipinski definition) is 4. The smallest absolute Gasteiger partial charge is 0.254 e. The predicted octanol–water partition coefficient (Wildman–Crippen LogP) is 2.68. The van der Waals surface area contributed by atoms with Crippen LogP contribution in [0.5, 0.6) is 0 Å². The summed E-state index contributed by atoms with van der Waals surface area (Å²) >= 11 is 0. The van der Waals surface area contributed by atoms with Crippen LogP contribution >= 0.6 is 0 Å². The fraction of sp³-hybridized carbons (Fsp3) is 0.296. The van der Waals surface area contributed by atoms with E-state index in [2.05, 4.69) is 10.6 Å². The molecule has 0 radical (unpaired) electrons. The highest BCUT2D eigenvalue weighted by Crippen LogP contribution is 2.19. The van der Waals surface area contributed by atoms with Gasteiger partial charge in [0.05, 0.1) is 19.6 Å². The van der Waals surface area contributed by atoms with Gasteiger partial charge in [0.1, 0.15) is 6.04 Å². The van der Waals surface area contributed by atoms with Gasteiger partial charge >= 0.3 is 0 Å². The minimum absolute atomic E-state index is 0.0126. The van der Waals surface area contributed by atoms with E-state index in [9.17, 15) is 14.4 Å². The maximum Gasteiger partial charge on any atom is 0.254 e. The summed E-state index contributed by atoms with van der Waals surface area (Å²) in [7, 11) is 0. The van der Waals surface area contributed by atoms with Crippen LogP contribution in [0.1, 0.15) is 28.4 Å². The molecule has 1 saturated heterocycles. The van der Waals surface area contributed by atoms with Gasteiger partial charge in [0.2, 0.25) is 11.8 Å². The van der Waals surface area contributed by atoms with E-state index >= 15 is 0 Å². The molecule has 1 aliphatic heterocycles. The summed E-state index contributed by atoms with van der Waals surface area (Å²) in [6, 6.07) is 20.3. The van der Waals surface area contributed by atoms with Crippen molar-refractivity contribution in [3.8, 4) is 0 Å². The van der Waals surface area contributed by atoms with Crippen molar-refractivity contribution in [1.82, 2.24) is 15.5 Å². The number of amides is 3. The molecular weight excluding hydrogens is 430 g/mol. The Kier molecular flexibility index (Phi) is 7.54. The topological polar surface area (TPSA) is 87.7 Å². The third kappa shape index (κ3) is 5.80. The van der Waals surface area contributed by atoms with Gasteiger partial charge in [-0.05, 0) is 41.0 Å². The zero-order valence-electron chi connectivity index (χ0n) is 19.3. The Morgan fingerprint density at radius 2 is 1.65 bits per heavy atom. The number of rotatable bonds is 7. The number of nitrogens with zero attached hydrogens (tertiary/aromatic N) is 1. The third-order valence-electron chi connectivity index (χ3n) is 5.97. The molecule has 3 amide bonds. The lowest BCUT2D eigenvalue weighted by molar-refractivity contribution is -0.128. The molecule has 1 aliphatic rings. The van der Waals surface area contributed by atoms with Crippen LogP contribution in [0, 0.1) is 0 Å². The van der Waals surface area contributed by atoms with E-state index in [1.807, 2.05) is 54.6 Å². The Hall–Kier alpha value is -3.71. The van der Waals surface area contributed by atoms with Crippen LogP contribution in [0.4, 0.5) is 0 Å². The molecule has 1 fully saturated rings. The summed E-state index contributed by atoms with van der Waals surface area (Å²) in [5.41, 5.74) is 2.42. The average molecular weight is 460 g/mol. The summed E-state index contributed by atoms with van der Waals surface area (Å²) < 4.78 is 5.29.